The maximum atomic E-state index is 11.3. The van der Waals surface area contributed by atoms with Crippen LogP contribution in [0.2, 0.25) is 0 Å². The lowest BCUT2D eigenvalue weighted by Gasteiger charge is -2.21. The van der Waals surface area contributed by atoms with Crippen molar-refractivity contribution in [3.8, 4) is 11.3 Å². The summed E-state index contributed by atoms with van der Waals surface area (Å²) < 4.78 is 0. The highest BCUT2D eigenvalue weighted by Gasteiger charge is 2.15. The maximum absolute atomic E-state index is 11.3. The van der Waals surface area contributed by atoms with Gasteiger partial charge >= 0.3 is 0 Å². The Kier molecular flexibility index (Phi) is 5.13. The fraction of sp³-hybridized carbons (Fsp3) is 0.312. The van der Waals surface area contributed by atoms with Crippen molar-refractivity contribution >= 4 is 17.5 Å². The Balaban J connectivity index is 2.36. The summed E-state index contributed by atoms with van der Waals surface area (Å²) >= 11 is 0. The quantitative estimate of drug-likeness (QED) is 0.635. The van der Waals surface area contributed by atoms with Gasteiger partial charge in [0, 0.05) is 11.1 Å². The molecule has 23 heavy (non-hydrogen) atoms. The van der Waals surface area contributed by atoms with Crippen LogP contribution >= 0.6 is 0 Å². The van der Waals surface area contributed by atoms with Gasteiger partial charge in [-0.1, -0.05) is 26.0 Å². The predicted octanol–water partition coefficient (Wildman–Crippen LogP) is 1.25. The summed E-state index contributed by atoms with van der Waals surface area (Å²) in [6, 6.07) is 6.64. The molecule has 7 heteroatoms. The first-order valence-electron chi connectivity index (χ1n) is 7.32. The Morgan fingerprint density at radius 1 is 1.39 bits per heavy atom. The number of carbonyl (C=O) groups is 1. The Labute approximate surface area is 134 Å². The normalized spacial score (nSPS) is 12.2. The molecule has 1 heterocycles. The molecule has 0 saturated carbocycles. The Bertz CT molecular complexity index is 703. The molecule has 2 rings (SSSR count). The third kappa shape index (κ3) is 3.95. The lowest BCUT2D eigenvalue weighted by atomic mass is 10.1. The van der Waals surface area contributed by atoms with Gasteiger partial charge in [-0.3, -0.25) is 4.79 Å². The van der Waals surface area contributed by atoms with Gasteiger partial charge in [-0.05, 0) is 18.1 Å². The minimum Gasteiger partial charge on any atom is -0.394 e. The highest BCUT2D eigenvalue weighted by Crippen LogP contribution is 2.23. The maximum Gasteiger partial charge on any atom is 0.248 e. The second kappa shape index (κ2) is 7.06. The van der Waals surface area contributed by atoms with Gasteiger partial charge in [-0.15, -0.1) is 0 Å². The number of benzene rings is 1. The molecule has 1 amide bonds. The third-order valence-electron chi connectivity index (χ3n) is 3.57. The number of hydrogen-bond acceptors (Lipinski definition) is 6. The highest BCUT2D eigenvalue weighted by molar-refractivity contribution is 5.94. The van der Waals surface area contributed by atoms with Crippen LogP contribution in [0.3, 0.4) is 0 Å². The van der Waals surface area contributed by atoms with Gasteiger partial charge in [0.15, 0.2) is 11.6 Å². The SMILES string of the molecule is CC(C)[C@H](CO)Nc1nc(-c2cccc(C(N)=O)c2)cnc1N. The van der Waals surface area contributed by atoms with E-state index in [0.29, 0.717) is 22.6 Å². The molecule has 7 nitrogen and oxygen atoms in total. The number of nitrogens with two attached hydrogens (primary N) is 2. The number of nitrogens with zero attached hydrogens (tertiary/aromatic N) is 2. The zero-order valence-electron chi connectivity index (χ0n) is 13.2. The van der Waals surface area contributed by atoms with Crippen LogP contribution in [0.25, 0.3) is 11.3 Å². The number of carbonyl (C=O) groups excluding carboxylic acids is 1. The van der Waals surface area contributed by atoms with Crippen LogP contribution in [0.5, 0.6) is 0 Å². The number of hydrogen-bond donors (Lipinski definition) is 4. The van der Waals surface area contributed by atoms with E-state index in [9.17, 15) is 9.90 Å². The summed E-state index contributed by atoms with van der Waals surface area (Å²) in [6.45, 7) is 3.93. The van der Waals surface area contributed by atoms with Gasteiger partial charge in [-0.25, -0.2) is 9.97 Å². The number of nitrogens with one attached hydrogen (secondary N) is 1. The number of amides is 1. The molecular formula is C16H21N5O2. The van der Waals surface area contributed by atoms with E-state index < -0.39 is 5.91 Å². The second-order valence-corrected chi connectivity index (χ2v) is 5.61. The van der Waals surface area contributed by atoms with Gasteiger partial charge in [0.05, 0.1) is 24.5 Å². The molecule has 1 atom stereocenters. The molecule has 2 aromatic rings. The third-order valence-corrected chi connectivity index (χ3v) is 3.57. The standard InChI is InChI=1S/C16H21N5O2/c1-9(2)13(8-22)21-16-14(17)19-7-12(20-16)10-4-3-5-11(6-10)15(18)23/h3-7,9,13,22H,8H2,1-2H3,(H2,17,19)(H2,18,23)(H,20,21)/t13-/m0/s1. The number of aliphatic hydroxyl groups excluding tert-OH is 1. The van der Waals surface area contributed by atoms with Crippen molar-refractivity contribution in [2.45, 2.75) is 19.9 Å². The van der Waals surface area contributed by atoms with Gasteiger partial charge in [0.25, 0.3) is 0 Å². The summed E-state index contributed by atoms with van der Waals surface area (Å²) in [5.74, 6) is 0.343. The minimum atomic E-state index is -0.506. The predicted molar refractivity (Wildman–Crippen MR) is 89.7 cm³/mol. The molecular weight excluding hydrogens is 294 g/mol. The van der Waals surface area contributed by atoms with Gasteiger partial charge in [-0.2, -0.15) is 0 Å². The molecule has 122 valence electrons. The minimum absolute atomic E-state index is 0.0415. The average Bonchev–Trinajstić information content (AvgIpc) is 2.53. The second-order valence-electron chi connectivity index (χ2n) is 5.61. The summed E-state index contributed by atoms with van der Waals surface area (Å²) in [6.07, 6.45) is 1.53. The number of anilines is 2. The van der Waals surface area contributed by atoms with Crippen molar-refractivity contribution in [3.05, 3.63) is 36.0 Å². The first kappa shape index (κ1) is 16.7. The topological polar surface area (TPSA) is 127 Å². The number of aliphatic hydroxyl groups is 1. The molecule has 1 aromatic carbocycles. The monoisotopic (exact) mass is 315 g/mol. The van der Waals surface area contributed by atoms with E-state index in [-0.39, 0.29) is 24.4 Å². The number of primary amides is 1. The van der Waals surface area contributed by atoms with Crippen molar-refractivity contribution in [1.82, 2.24) is 9.97 Å². The molecule has 0 radical (unpaired) electrons. The molecule has 0 saturated heterocycles. The van der Waals surface area contributed by atoms with Crippen LogP contribution in [0, 0.1) is 5.92 Å². The van der Waals surface area contributed by atoms with Crippen LogP contribution in [-0.2, 0) is 0 Å². The summed E-state index contributed by atoms with van der Waals surface area (Å²) in [5, 5.41) is 12.5. The fourth-order valence-electron chi connectivity index (χ4n) is 2.07. The number of aromatic nitrogens is 2. The first-order chi connectivity index (χ1) is 10.9. The van der Waals surface area contributed by atoms with Crippen LogP contribution in [-0.4, -0.2) is 33.6 Å². The molecule has 6 N–H and O–H groups in total. The fourth-order valence-corrected chi connectivity index (χ4v) is 2.07. The summed E-state index contributed by atoms with van der Waals surface area (Å²) in [4.78, 5) is 19.9. The zero-order chi connectivity index (χ0) is 17.0. The molecule has 0 aliphatic heterocycles. The largest absolute Gasteiger partial charge is 0.394 e. The molecule has 0 unspecified atom stereocenters. The highest BCUT2D eigenvalue weighted by atomic mass is 16.3. The Morgan fingerprint density at radius 2 is 2.13 bits per heavy atom. The number of rotatable bonds is 6. The molecule has 0 fully saturated rings. The van der Waals surface area contributed by atoms with Crippen LogP contribution in [0.4, 0.5) is 11.6 Å². The molecule has 1 aromatic heterocycles. The summed E-state index contributed by atoms with van der Waals surface area (Å²) in [7, 11) is 0. The Morgan fingerprint density at radius 3 is 2.74 bits per heavy atom. The van der Waals surface area contributed by atoms with E-state index in [1.807, 2.05) is 19.9 Å². The smallest absolute Gasteiger partial charge is 0.248 e. The zero-order valence-corrected chi connectivity index (χ0v) is 13.2. The van der Waals surface area contributed by atoms with E-state index in [1.54, 1.807) is 18.2 Å². The van der Waals surface area contributed by atoms with E-state index >= 15 is 0 Å². The average molecular weight is 315 g/mol. The van der Waals surface area contributed by atoms with E-state index in [4.69, 9.17) is 11.5 Å². The van der Waals surface area contributed by atoms with Crippen molar-refractivity contribution in [2.24, 2.45) is 11.7 Å². The van der Waals surface area contributed by atoms with Gasteiger partial charge < -0.3 is 21.9 Å². The summed E-state index contributed by atoms with van der Waals surface area (Å²) in [5.41, 5.74) is 12.8. The Hall–Kier alpha value is -2.67. The van der Waals surface area contributed by atoms with Crippen LogP contribution < -0.4 is 16.8 Å². The van der Waals surface area contributed by atoms with Crippen molar-refractivity contribution in [2.75, 3.05) is 17.7 Å². The lowest BCUT2D eigenvalue weighted by Crippen LogP contribution is -2.30. The van der Waals surface area contributed by atoms with Crippen LogP contribution in [0.1, 0.15) is 24.2 Å². The molecule has 0 bridgehead atoms. The van der Waals surface area contributed by atoms with E-state index in [0.717, 1.165) is 0 Å². The van der Waals surface area contributed by atoms with Crippen molar-refractivity contribution in [3.63, 3.8) is 0 Å². The van der Waals surface area contributed by atoms with E-state index in [1.165, 1.54) is 6.20 Å². The van der Waals surface area contributed by atoms with Gasteiger partial charge in [0.2, 0.25) is 5.91 Å². The van der Waals surface area contributed by atoms with Gasteiger partial charge in [0.1, 0.15) is 0 Å². The lowest BCUT2D eigenvalue weighted by molar-refractivity contribution is 0.100. The molecule has 0 aliphatic carbocycles. The molecule has 0 spiro atoms. The first-order valence-corrected chi connectivity index (χ1v) is 7.32. The van der Waals surface area contributed by atoms with Crippen LogP contribution in [0.15, 0.2) is 30.5 Å². The van der Waals surface area contributed by atoms with Crippen molar-refractivity contribution in [1.29, 1.82) is 0 Å². The number of nitrogen functional groups attached to an aromatic ring is 1. The van der Waals surface area contributed by atoms with E-state index in [2.05, 4.69) is 15.3 Å². The van der Waals surface area contributed by atoms with Crippen molar-refractivity contribution < 1.29 is 9.90 Å². The molecule has 0 aliphatic rings.